The molecule has 2 heterocycles. The van der Waals surface area contributed by atoms with E-state index in [0.717, 1.165) is 33.3 Å². The zero-order valence-electron chi connectivity index (χ0n) is 15.4. The van der Waals surface area contributed by atoms with Gasteiger partial charge in [0.05, 0.1) is 28.9 Å². The molecule has 0 radical (unpaired) electrons. The van der Waals surface area contributed by atoms with Crippen molar-refractivity contribution < 1.29 is 0 Å². The topological polar surface area (TPSA) is 55.1 Å². The zero-order chi connectivity index (χ0) is 19.5. The third-order valence-electron chi connectivity index (χ3n) is 4.25. The fourth-order valence-electron chi connectivity index (χ4n) is 2.73. The van der Waals surface area contributed by atoms with Crippen LogP contribution in [-0.2, 0) is 0 Å². The van der Waals surface area contributed by atoms with Gasteiger partial charge < -0.3 is 0 Å². The van der Waals surface area contributed by atoms with Gasteiger partial charge >= 0.3 is 0 Å². The minimum atomic E-state index is 0.522. The van der Waals surface area contributed by atoms with Gasteiger partial charge in [-0.1, -0.05) is 59.6 Å². The number of aromatic nitrogens is 3. The molecule has 5 nitrogen and oxygen atoms in total. The standard InChI is InChI=1S/C21H18ClN5S/c1-14-8-10-16(11-9-14)19-13-28-21(24-19)25-23-12-18-15(2)26-27(20(18)22)17-6-4-3-5-7-17/h3-13H,1-2H3,(H,24,25)/b23-12-. The van der Waals surface area contributed by atoms with Crippen LogP contribution in [0.1, 0.15) is 16.8 Å². The number of para-hydroxylation sites is 1. The van der Waals surface area contributed by atoms with E-state index in [0.29, 0.717) is 5.15 Å². The fraction of sp³-hybridized carbons (Fsp3) is 0.0952. The Morgan fingerprint density at radius 2 is 1.82 bits per heavy atom. The van der Waals surface area contributed by atoms with Crippen LogP contribution in [0, 0.1) is 13.8 Å². The summed E-state index contributed by atoms with van der Waals surface area (Å²) in [6.07, 6.45) is 1.68. The number of aryl methyl sites for hydroxylation is 2. The first-order valence-electron chi connectivity index (χ1n) is 8.74. The maximum absolute atomic E-state index is 6.51. The van der Waals surface area contributed by atoms with Crippen LogP contribution in [0.3, 0.4) is 0 Å². The Morgan fingerprint density at radius 1 is 1.07 bits per heavy atom. The molecule has 0 saturated heterocycles. The van der Waals surface area contributed by atoms with Crippen LogP contribution in [0.2, 0.25) is 5.15 Å². The second-order valence-corrected chi connectivity index (χ2v) is 7.53. The molecule has 0 amide bonds. The summed E-state index contributed by atoms with van der Waals surface area (Å²) in [6, 6.07) is 18.1. The predicted octanol–water partition coefficient (Wildman–Crippen LogP) is 5.71. The van der Waals surface area contributed by atoms with Crippen LogP contribution >= 0.6 is 22.9 Å². The lowest BCUT2D eigenvalue weighted by atomic mass is 10.1. The van der Waals surface area contributed by atoms with Crippen molar-refractivity contribution in [1.29, 1.82) is 0 Å². The Kier molecular flexibility index (Phi) is 5.23. The highest BCUT2D eigenvalue weighted by molar-refractivity contribution is 7.14. The van der Waals surface area contributed by atoms with E-state index in [1.165, 1.54) is 16.9 Å². The quantitative estimate of drug-likeness (QED) is 0.340. The van der Waals surface area contributed by atoms with Gasteiger partial charge in [-0.15, -0.1) is 11.3 Å². The Hall–Kier alpha value is -2.96. The SMILES string of the molecule is Cc1ccc(-c2csc(N/N=C\c3c(C)nn(-c4ccccc4)c3Cl)n2)cc1. The third kappa shape index (κ3) is 3.83. The highest BCUT2D eigenvalue weighted by atomic mass is 35.5. The molecule has 7 heteroatoms. The average Bonchev–Trinajstić information content (AvgIpc) is 3.29. The first-order chi connectivity index (χ1) is 13.6. The zero-order valence-corrected chi connectivity index (χ0v) is 17.0. The summed E-state index contributed by atoms with van der Waals surface area (Å²) in [6.45, 7) is 3.98. The van der Waals surface area contributed by atoms with Crippen LogP contribution in [0.25, 0.3) is 16.9 Å². The summed E-state index contributed by atoms with van der Waals surface area (Å²) >= 11 is 8.02. The summed E-state index contributed by atoms with van der Waals surface area (Å²) < 4.78 is 1.71. The van der Waals surface area contributed by atoms with Crippen molar-refractivity contribution in [2.24, 2.45) is 5.10 Å². The molecule has 0 spiro atoms. The molecule has 140 valence electrons. The summed E-state index contributed by atoms with van der Waals surface area (Å²) in [7, 11) is 0. The predicted molar refractivity (Wildman–Crippen MR) is 117 cm³/mol. The van der Waals surface area contributed by atoms with E-state index in [1.807, 2.05) is 42.6 Å². The van der Waals surface area contributed by atoms with Crippen molar-refractivity contribution in [2.45, 2.75) is 13.8 Å². The van der Waals surface area contributed by atoms with E-state index in [2.05, 4.69) is 51.8 Å². The minimum Gasteiger partial charge on any atom is -0.253 e. The molecule has 2 aromatic carbocycles. The molecule has 0 atom stereocenters. The lowest BCUT2D eigenvalue weighted by molar-refractivity contribution is 0.863. The van der Waals surface area contributed by atoms with Gasteiger partial charge in [-0.3, -0.25) is 5.43 Å². The molecule has 4 aromatic rings. The molecule has 0 fully saturated rings. The van der Waals surface area contributed by atoms with E-state index in [1.54, 1.807) is 10.9 Å². The van der Waals surface area contributed by atoms with Crippen molar-refractivity contribution in [3.05, 3.63) is 82.0 Å². The van der Waals surface area contributed by atoms with Crippen molar-refractivity contribution in [3.63, 3.8) is 0 Å². The number of hydrazone groups is 1. The number of hydrogen-bond acceptors (Lipinski definition) is 5. The monoisotopic (exact) mass is 407 g/mol. The summed E-state index contributed by atoms with van der Waals surface area (Å²) in [4.78, 5) is 4.58. The number of rotatable bonds is 5. The van der Waals surface area contributed by atoms with Crippen LogP contribution in [0.5, 0.6) is 0 Å². The highest BCUT2D eigenvalue weighted by Crippen LogP contribution is 2.25. The highest BCUT2D eigenvalue weighted by Gasteiger charge is 2.13. The molecule has 0 aliphatic carbocycles. The summed E-state index contributed by atoms with van der Waals surface area (Å²) in [5.41, 5.74) is 8.70. The Balaban J connectivity index is 1.50. The van der Waals surface area contributed by atoms with Crippen molar-refractivity contribution in [1.82, 2.24) is 14.8 Å². The average molecular weight is 408 g/mol. The van der Waals surface area contributed by atoms with Gasteiger partial charge in [0.2, 0.25) is 5.13 Å². The van der Waals surface area contributed by atoms with E-state index < -0.39 is 0 Å². The van der Waals surface area contributed by atoms with Gasteiger partial charge in [0.1, 0.15) is 5.15 Å². The van der Waals surface area contributed by atoms with Crippen LogP contribution < -0.4 is 5.43 Å². The first kappa shape index (κ1) is 18.4. The van der Waals surface area contributed by atoms with Crippen molar-refractivity contribution in [3.8, 4) is 16.9 Å². The number of nitrogens with one attached hydrogen (secondary N) is 1. The summed E-state index contributed by atoms with van der Waals surface area (Å²) in [5, 5.41) is 12.1. The normalized spacial score (nSPS) is 11.2. The number of nitrogens with zero attached hydrogens (tertiary/aromatic N) is 4. The maximum atomic E-state index is 6.51. The molecule has 28 heavy (non-hydrogen) atoms. The number of hydrogen-bond donors (Lipinski definition) is 1. The molecule has 0 aliphatic heterocycles. The molecule has 0 aliphatic rings. The number of benzene rings is 2. The van der Waals surface area contributed by atoms with Gasteiger partial charge in [0, 0.05) is 10.9 Å². The van der Waals surface area contributed by atoms with E-state index in [4.69, 9.17) is 11.6 Å². The lowest BCUT2D eigenvalue weighted by Crippen LogP contribution is -1.96. The minimum absolute atomic E-state index is 0.522. The first-order valence-corrected chi connectivity index (χ1v) is 10.00. The number of halogens is 1. The number of anilines is 1. The van der Waals surface area contributed by atoms with Crippen LogP contribution in [0.4, 0.5) is 5.13 Å². The van der Waals surface area contributed by atoms with Gasteiger partial charge in [-0.05, 0) is 26.0 Å². The smallest absolute Gasteiger partial charge is 0.203 e. The van der Waals surface area contributed by atoms with Gasteiger partial charge in [0.25, 0.3) is 0 Å². The van der Waals surface area contributed by atoms with Gasteiger partial charge in [-0.25, -0.2) is 9.67 Å². The molecule has 0 bridgehead atoms. The van der Waals surface area contributed by atoms with E-state index >= 15 is 0 Å². The molecule has 4 rings (SSSR count). The van der Waals surface area contributed by atoms with Crippen molar-refractivity contribution >= 4 is 34.3 Å². The molecule has 0 saturated carbocycles. The Bertz CT molecular complexity index is 1110. The van der Waals surface area contributed by atoms with Crippen molar-refractivity contribution in [2.75, 3.05) is 5.43 Å². The van der Waals surface area contributed by atoms with E-state index in [-0.39, 0.29) is 0 Å². The molecule has 1 N–H and O–H groups in total. The largest absolute Gasteiger partial charge is 0.253 e. The second kappa shape index (κ2) is 7.96. The summed E-state index contributed by atoms with van der Waals surface area (Å²) in [5.74, 6) is 0. The van der Waals surface area contributed by atoms with Crippen LogP contribution in [-0.4, -0.2) is 21.0 Å². The lowest BCUT2D eigenvalue weighted by Gasteiger charge is -2.01. The number of thiazole rings is 1. The molecular formula is C21H18ClN5S. The molecule has 2 aromatic heterocycles. The Morgan fingerprint density at radius 3 is 2.57 bits per heavy atom. The maximum Gasteiger partial charge on any atom is 0.203 e. The Labute approximate surface area is 172 Å². The second-order valence-electron chi connectivity index (χ2n) is 6.31. The van der Waals surface area contributed by atoms with E-state index in [9.17, 15) is 0 Å². The third-order valence-corrected chi connectivity index (χ3v) is 5.36. The van der Waals surface area contributed by atoms with Crippen LogP contribution in [0.15, 0.2) is 65.1 Å². The van der Waals surface area contributed by atoms with Gasteiger partial charge in [0.15, 0.2) is 0 Å². The fourth-order valence-corrected chi connectivity index (χ4v) is 3.72. The molecular weight excluding hydrogens is 390 g/mol. The molecule has 0 unspecified atom stereocenters. The van der Waals surface area contributed by atoms with Gasteiger partial charge in [-0.2, -0.15) is 10.2 Å².